The van der Waals surface area contributed by atoms with E-state index in [0.717, 1.165) is 16.8 Å². The Morgan fingerprint density at radius 2 is 2.11 bits per heavy atom. The van der Waals surface area contributed by atoms with E-state index >= 15 is 0 Å². The lowest BCUT2D eigenvalue weighted by Crippen LogP contribution is -2.06. The molecule has 0 aliphatic rings. The van der Waals surface area contributed by atoms with Crippen molar-refractivity contribution in [2.24, 2.45) is 0 Å². The van der Waals surface area contributed by atoms with E-state index < -0.39 is 0 Å². The molecule has 2 rings (SSSR count). The first-order valence-corrected chi connectivity index (χ1v) is 6.20. The van der Waals surface area contributed by atoms with Crippen molar-refractivity contribution < 1.29 is 4.79 Å². The zero-order valence-corrected chi connectivity index (χ0v) is 11.1. The highest BCUT2D eigenvalue weighted by atomic mass is 16.1. The Bertz CT molecular complexity index is 555. The van der Waals surface area contributed by atoms with E-state index in [2.05, 4.69) is 18.9 Å². The zero-order chi connectivity index (χ0) is 13.1. The van der Waals surface area contributed by atoms with E-state index in [4.69, 9.17) is 0 Å². The summed E-state index contributed by atoms with van der Waals surface area (Å²) in [6.07, 6.45) is 2.28. The van der Waals surface area contributed by atoms with Crippen molar-refractivity contribution >= 4 is 5.78 Å². The molecule has 0 saturated carbocycles. The molecule has 0 spiro atoms. The van der Waals surface area contributed by atoms with Gasteiger partial charge in [0.2, 0.25) is 0 Å². The lowest BCUT2D eigenvalue weighted by molar-refractivity contribution is 0.0991. The Labute approximate surface area is 107 Å². The molecule has 1 heterocycles. The number of nitrogens with zero attached hydrogens (tertiary/aromatic N) is 2. The topological polar surface area (TPSA) is 34.9 Å². The number of aromatic nitrogens is 2. The zero-order valence-electron chi connectivity index (χ0n) is 11.1. The minimum absolute atomic E-state index is 0.118. The van der Waals surface area contributed by atoms with Gasteiger partial charge in [0, 0.05) is 17.8 Å². The van der Waals surface area contributed by atoms with E-state index in [1.807, 2.05) is 48.1 Å². The van der Waals surface area contributed by atoms with Crippen LogP contribution in [-0.4, -0.2) is 15.6 Å². The summed E-state index contributed by atoms with van der Waals surface area (Å²) in [7, 11) is 0. The van der Waals surface area contributed by atoms with Crippen molar-refractivity contribution in [2.45, 2.75) is 33.2 Å². The van der Waals surface area contributed by atoms with Crippen LogP contribution in [0.4, 0.5) is 0 Å². The molecule has 0 aliphatic carbocycles. The van der Waals surface area contributed by atoms with Crippen LogP contribution >= 0.6 is 0 Å². The van der Waals surface area contributed by atoms with E-state index in [1.165, 1.54) is 0 Å². The average molecular weight is 242 g/mol. The van der Waals surface area contributed by atoms with Crippen molar-refractivity contribution in [3.05, 3.63) is 53.3 Å². The average Bonchev–Trinajstić information content (AvgIpc) is 2.77. The lowest BCUT2D eigenvalue weighted by Gasteiger charge is -2.04. The summed E-state index contributed by atoms with van der Waals surface area (Å²) < 4.78 is 1.87. The van der Waals surface area contributed by atoms with Crippen molar-refractivity contribution in [3.63, 3.8) is 0 Å². The highest BCUT2D eigenvalue weighted by Gasteiger charge is 2.10. The number of ketones is 1. The fourth-order valence-electron chi connectivity index (χ4n) is 1.84. The molecule has 0 aliphatic heterocycles. The molecule has 0 unspecified atom stereocenters. The molecule has 0 fully saturated rings. The van der Waals surface area contributed by atoms with E-state index in [-0.39, 0.29) is 5.78 Å². The SMILES string of the molecule is Cc1cccc(C(=O)Cc2ccn(C(C)C)n2)c1. The summed E-state index contributed by atoms with van der Waals surface area (Å²) in [4.78, 5) is 12.1. The van der Waals surface area contributed by atoms with Crippen LogP contribution < -0.4 is 0 Å². The molecule has 94 valence electrons. The minimum Gasteiger partial charge on any atom is -0.294 e. The summed E-state index contributed by atoms with van der Waals surface area (Å²) >= 11 is 0. The third-order valence-corrected chi connectivity index (χ3v) is 2.87. The fourth-order valence-corrected chi connectivity index (χ4v) is 1.84. The Kier molecular flexibility index (Phi) is 3.60. The van der Waals surface area contributed by atoms with Gasteiger partial charge in [-0.2, -0.15) is 5.10 Å². The van der Waals surface area contributed by atoms with Gasteiger partial charge in [0.1, 0.15) is 0 Å². The van der Waals surface area contributed by atoms with Crippen molar-refractivity contribution in [1.29, 1.82) is 0 Å². The van der Waals surface area contributed by atoms with Gasteiger partial charge in [0.15, 0.2) is 5.78 Å². The molecular weight excluding hydrogens is 224 g/mol. The van der Waals surface area contributed by atoms with Gasteiger partial charge >= 0.3 is 0 Å². The largest absolute Gasteiger partial charge is 0.294 e. The van der Waals surface area contributed by atoms with Crippen LogP contribution in [0.5, 0.6) is 0 Å². The van der Waals surface area contributed by atoms with Gasteiger partial charge in [-0.3, -0.25) is 9.48 Å². The summed E-state index contributed by atoms with van der Waals surface area (Å²) in [5.74, 6) is 0.118. The number of hydrogen-bond acceptors (Lipinski definition) is 2. The molecule has 0 saturated heterocycles. The van der Waals surface area contributed by atoms with Gasteiger partial charge in [0.25, 0.3) is 0 Å². The molecule has 0 atom stereocenters. The van der Waals surface area contributed by atoms with Crippen LogP contribution in [0, 0.1) is 6.92 Å². The second-order valence-electron chi connectivity index (χ2n) is 4.85. The molecule has 0 radical (unpaired) electrons. The van der Waals surface area contributed by atoms with Crippen LogP contribution in [0.2, 0.25) is 0 Å². The summed E-state index contributed by atoms with van der Waals surface area (Å²) in [5, 5.41) is 4.39. The highest BCUT2D eigenvalue weighted by molar-refractivity contribution is 5.97. The maximum Gasteiger partial charge on any atom is 0.168 e. The monoisotopic (exact) mass is 242 g/mol. The number of benzene rings is 1. The first-order valence-electron chi connectivity index (χ1n) is 6.20. The van der Waals surface area contributed by atoms with Crippen molar-refractivity contribution in [1.82, 2.24) is 9.78 Å². The lowest BCUT2D eigenvalue weighted by atomic mass is 10.0. The van der Waals surface area contributed by atoms with Crippen LogP contribution in [0.1, 0.15) is 41.5 Å². The van der Waals surface area contributed by atoms with Gasteiger partial charge < -0.3 is 0 Å². The molecule has 1 aromatic carbocycles. The Morgan fingerprint density at radius 1 is 1.33 bits per heavy atom. The van der Waals surface area contributed by atoms with E-state index in [0.29, 0.717) is 12.5 Å². The Morgan fingerprint density at radius 3 is 2.72 bits per heavy atom. The molecule has 1 aromatic heterocycles. The second kappa shape index (κ2) is 5.17. The Hall–Kier alpha value is -1.90. The van der Waals surface area contributed by atoms with Crippen LogP contribution in [-0.2, 0) is 6.42 Å². The van der Waals surface area contributed by atoms with Crippen LogP contribution in [0.15, 0.2) is 36.5 Å². The molecule has 0 N–H and O–H groups in total. The summed E-state index contributed by atoms with van der Waals surface area (Å²) in [6.45, 7) is 6.13. The predicted octanol–water partition coefficient (Wildman–Crippen LogP) is 3.20. The number of carbonyl (C=O) groups excluding carboxylic acids is 1. The minimum atomic E-state index is 0.118. The maximum absolute atomic E-state index is 12.1. The molecule has 0 amide bonds. The highest BCUT2D eigenvalue weighted by Crippen LogP contribution is 2.10. The van der Waals surface area contributed by atoms with Gasteiger partial charge in [-0.1, -0.05) is 23.8 Å². The number of aryl methyl sites for hydroxylation is 1. The summed E-state index contributed by atoms with van der Waals surface area (Å²) in [6, 6.07) is 9.91. The number of Topliss-reactive ketones (excluding diaryl/α,β-unsaturated/α-hetero) is 1. The molecule has 18 heavy (non-hydrogen) atoms. The van der Waals surface area contributed by atoms with Crippen LogP contribution in [0.3, 0.4) is 0 Å². The Balaban J connectivity index is 2.11. The quantitative estimate of drug-likeness (QED) is 0.772. The molecule has 3 heteroatoms. The van der Waals surface area contributed by atoms with Gasteiger partial charge in [-0.25, -0.2) is 0 Å². The van der Waals surface area contributed by atoms with Crippen LogP contribution in [0.25, 0.3) is 0 Å². The predicted molar refractivity (Wildman–Crippen MR) is 71.8 cm³/mol. The smallest absolute Gasteiger partial charge is 0.168 e. The van der Waals surface area contributed by atoms with Crippen molar-refractivity contribution in [3.8, 4) is 0 Å². The normalized spacial score (nSPS) is 10.9. The van der Waals surface area contributed by atoms with Crippen molar-refractivity contribution in [2.75, 3.05) is 0 Å². The van der Waals surface area contributed by atoms with Gasteiger partial charge in [-0.15, -0.1) is 0 Å². The maximum atomic E-state index is 12.1. The fraction of sp³-hybridized carbons (Fsp3) is 0.333. The molecule has 2 aromatic rings. The number of rotatable bonds is 4. The number of carbonyl (C=O) groups is 1. The third kappa shape index (κ3) is 2.86. The molecule has 3 nitrogen and oxygen atoms in total. The summed E-state index contributed by atoms with van der Waals surface area (Å²) in [5.41, 5.74) is 2.69. The standard InChI is InChI=1S/C15H18N2O/c1-11(2)17-8-7-14(16-17)10-15(18)13-6-4-5-12(3)9-13/h4-9,11H,10H2,1-3H3. The third-order valence-electron chi connectivity index (χ3n) is 2.87. The second-order valence-corrected chi connectivity index (χ2v) is 4.85. The van der Waals surface area contributed by atoms with E-state index in [1.54, 1.807) is 0 Å². The molecule has 0 bridgehead atoms. The van der Waals surface area contributed by atoms with Gasteiger partial charge in [-0.05, 0) is 32.9 Å². The van der Waals surface area contributed by atoms with Gasteiger partial charge in [0.05, 0.1) is 12.1 Å². The first-order chi connectivity index (χ1) is 8.56. The first kappa shape index (κ1) is 12.6. The van der Waals surface area contributed by atoms with E-state index in [9.17, 15) is 4.79 Å². The number of hydrogen-bond donors (Lipinski definition) is 0. The molecular formula is C15H18N2O.